The summed E-state index contributed by atoms with van der Waals surface area (Å²) in [5.41, 5.74) is 1.82. The number of nitrogens with zero attached hydrogens (tertiary/aromatic N) is 3. The van der Waals surface area contributed by atoms with E-state index < -0.39 is 5.97 Å². The number of carboxylic acids is 1. The maximum Gasteiger partial charge on any atom is 0.354 e. The number of aromatic nitrogens is 3. The average Bonchev–Trinajstić information content (AvgIpc) is 2.94. The summed E-state index contributed by atoms with van der Waals surface area (Å²) in [6.07, 6.45) is 6.47. The van der Waals surface area contributed by atoms with Crippen LogP contribution in [0.1, 0.15) is 10.5 Å². The topological polar surface area (TPSA) is 72.7 Å². The number of carboxylic acid groups (broad SMARTS) is 1. The zero-order chi connectivity index (χ0) is 12.0. The molecule has 17 heavy (non-hydrogen) atoms. The van der Waals surface area contributed by atoms with E-state index in [9.17, 15) is 4.79 Å². The van der Waals surface area contributed by atoms with Crippen molar-refractivity contribution in [2.45, 2.75) is 0 Å². The van der Waals surface area contributed by atoms with Crippen LogP contribution >= 0.6 is 0 Å². The molecule has 0 fully saturated rings. The molecule has 3 aromatic heterocycles. The third-order valence-corrected chi connectivity index (χ3v) is 2.67. The summed E-state index contributed by atoms with van der Waals surface area (Å²) in [5, 5.41) is 8.96. The van der Waals surface area contributed by atoms with Gasteiger partial charge in [-0.1, -0.05) is 0 Å². The van der Waals surface area contributed by atoms with E-state index in [0.717, 1.165) is 11.3 Å². The summed E-state index contributed by atoms with van der Waals surface area (Å²) in [6, 6.07) is 1.81. The maximum atomic E-state index is 10.9. The summed E-state index contributed by atoms with van der Waals surface area (Å²) in [6.45, 7) is 0. The van der Waals surface area contributed by atoms with Gasteiger partial charge in [0.2, 0.25) is 5.78 Å². The molecule has 0 atom stereocenters. The van der Waals surface area contributed by atoms with Crippen LogP contribution in [0.3, 0.4) is 0 Å². The number of furan rings is 1. The molecule has 0 aliphatic heterocycles. The summed E-state index contributed by atoms with van der Waals surface area (Å²) < 4.78 is 8.20. The van der Waals surface area contributed by atoms with Crippen molar-refractivity contribution < 1.29 is 14.3 Å². The summed E-state index contributed by atoms with van der Waals surface area (Å²) in [4.78, 5) is 15.3. The van der Waals surface area contributed by atoms with Crippen LogP contribution in [0.5, 0.6) is 0 Å². The van der Waals surface area contributed by atoms with Crippen LogP contribution in [-0.2, 0) is 7.05 Å². The lowest BCUT2D eigenvalue weighted by Gasteiger charge is -1.94. The first-order valence-corrected chi connectivity index (χ1v) is 4.97. The number of rotatable bonds is 2. The molecule has 86 valence electrons. The van der Waals surface area contributed by atoms with Gasteiger partial charge in [-0.25, -0.2) is 9.78 Å². The zero-order valence-corrected chi connectivity index (χ0v) is 8.99. The minimum atomic E-state index is -0.970. The Hall–Kier alpha value is -2.50. The second kappa shape index (κ2) is 3.24. The molecule has 6 heteroatoms. The largest absolute Gasteiger partial charge is 0.477 e. The van der Waals surface area contributed by atoms with Crippen LogP contribution in [0.25, 0.3) is 17.0 Å². The van der Waals surface area contributed by atoms with E-state index >= 15 is 0 Å². The molecule has 0 radical (unpaired) electrons. The van der Waals surface area contributed by atoms with Gasteiger partial charge in [-0.05, 0) is 6.07 Å². The van der Waals surface area contributed by atoms with Gasteiger partial charge in [0.05, 0.1) is 18.2 Å². The first kappa shape index (κ1) is 9.71. The molecule has 3 heterocycles. The number of aryl methyl sites for hydroxylation is 1. The lowest BCUT2D eigenvalue weighted by Crippen LogP contribution is -2.04. The van der Waals surface area contributed by atoms with Crippen LogP contribution in [-0.4, -0.2) is 25.0 Å². The van der Waals surface area contributed by atoms with Crippen LogP contribution in [0.15, 0.2) is 35.4 Å². The van der Waals surface area contributed by atoms with Gasteiger partial charge in [-0.15, -0.1) is 0 Å². The van der Waals surface area contributed by atoms with E-state index in [0.29, 0.717) is 5.78 Å². The molecule has 6 nitrogen and oxygen atoms in total. The first-order chi connectivity index (χ1) is 8.16. The third-order valence-electron chi connectivity index (χ3n) is 2.67. The zero-order valence-electron chi connectivity index (χ0n) is 8.99. The number of hydrogen-bond acceptors (Lipinski definition) is 3. The van der Waals surface area contributed by atoms with E-state index in [1.54, 1.807) is 36.2 Å². The summed E-state index contributed by atoms with van der Waals surface area (Å²) >= 11 is 0. The molecule has 1 N–H and O–H groups in total. The molecule has 0 saturated carbocycles. The predicted molar refractivity (Wildman–Crippen MR) is 58.8 cm³/mol. The lowest BCUT2D eigenvalue weighted by molar-refractivity contribution is 0.0687. The molecule has 0 saturated heterocycles. The number of fused-ring (bicyclic) bond motifs is 1. The summed E-state index contributed by atoms with van der Waals surface area (Å²) in [5.74, 6) is -0.388. The molecule has 0 aromatic carbocycles. The van der Waals surface area contributed by atoms with E-state index in [1.165, 1.54) is 10.8 Å². The Morgan fingerprint density at radius 1 is 1.47 bits per heavy atom. The third kappa shape index (κ3) is 1.34. The molecule has 0 aliphatic rings. The SMILES string of the molecule is Cn1c(C(=O)O)cn2cc(-c3ccoc3)nc12. The fourth-order valence-corrected chi connectivity index (χ4v) is 1.80. The molecule has 3 aromatic rings. The quantitative estimate of drug-likeness (QED) is 0.727. The Morgan fingerprint density at radius 3 is 2.88 bits per heavy atom. The van der Waals surface area contributed by atoms with Gasteiger partial charge in [-0.3, -0.25) is 4.40 Å². The first-order valence-electron chi connectivity index (χ1n) is 4.97. The molecule has 0 amide bonds. The average molecular weight is 231 g/mol. The van der Waals surface area contributed by atoms with Gasteiger partial charge in [-0.2, -0.15) is 0 Å². The fourth-order valence-electron chi connectivity index (χ4n) is 1.80. The monoisotopic (exact) mass is 231 g/mol. The second-order valence-corrected chi connectivity index (χ2v) is 3.72. The Morgan fingerprint density at radius 2 is 2.29 bits per heavy atom. The number of imidazole rings is 2. The highest BCUT2D eigenvalue weighted by molar-refractivity contribution is 5.86. The van der Waals surface area contributed by atoms with Crippen molar-refractivity contribution in [2.75, 3.05) is 0 Å². The Balaban J connectivity index is 2.19. The fraction of sp³-hybridized carbons (Fsp3) is 0.0909. The standard InChI is InChI=1S/C11H9N3O3/c1-13-9(10(15)16)5-14-4-8(12-11(13)14)7-2-3-17-6-7/h2-6H,1H3,(H,15,16). The maximum absolute atomic E-state index is 10.9. The molecule has 0 aliphatic carbocycles. The van der Waals surface area contributed by atoms with Gasteiger partial charge < -0.3 is 14.1 Å². The van der Waals surface area contributed by atoms with Crippen LogP contribution in [0, 0.1) is 0 Å². The molecule has 0 bridgehead atoms. The van der Waals surface area contributed by atoms with Crippen molar-refractivity contribution in [3.05, 3.63) is 36.7 Å². The van der Waals surface area contributed by atoms with Gasteiger partial charge in [0.15, 0.2) is 0 Å². The molecular formula is C11H9N3O3. The van der Waals surface area contributed by atoms with Crippen molar-refractivity contribution in [1.29, 1.82) is 0 Å². The highest BCUT2D eigenvalue weighted by atomic mass is 16.4. The molecule has 0 unspecified atom stereocenters. The van der Waals surface area contributed by atoms with Crippen LogP contribution < -0.4 is 0 Å². The normalized spacial score (nSPS) is 11.1. The van der Waals surface area contributed by atoms with E-state index in [4.69, 9.17) is 9.52 Å². The van der Waals surface area contributed by atoms with Crippen LogP contribution in [0.4, 0.5) is 0 Å². The van der Waals surface area contributed by atoms with Crippen molar-refractivity contribution in [3.8, 4) is 11.3 Å². The minimum absolute atomic E-state index is 0.200. The number of hydrogen-bond donors (Lipinski definition) is 1. The Kier molecular flexibility index (Phi) is 1.85. The number of carbonyl (C=O) groups is 1. The van der Waals surface area contributed by atoms with Crippen molar-refractivity contribution in [3.63, 3.8) is 0 Å². The van der Waals surface area contributed by atoms with Gasteiger partial charge in [0.25, 0.3) is 0 Å². The molecule has 0 spiro atoms. The van der Waals surface area contributed by atoms with Gasteiger partial charge in [0.1, 0.15) is 5.69 Å². The highest BCUT2D eigenvalue weighted by Crippen LogP contribution is 2.20. The second-order valence-electron chi connectivity index (χ2n) is 3.72. The smallest absolute Gasteiger partial charge is 0.354 e. The van der Waals surface area contributed by atoms with E-state index in [1.807, 2.05) is 0 Å². The van der Waals surface area contributed by atoms with Crippen molar-refractivity contribution >= 4 is 11.7 Å². The molecule has 3 rings (SSSR count). The van der Waals surface area contributed by atoms with Gasteiger partial charge in [0, 0.05) is 25.0 Å². The number of aromatic carboxylic acids is 1. The van der Waals surface area contributed by atoms with Crippen LogP contribution in [0.2, 0.25) is 0 Å². The highest BCUT2D eigenvalue weighted by Gasteiger charge is 2.15. The van der Waals surface area contributed by atoms with E-state index in [-0.39, 0.29) is 5.69 Å². The minimum Gasteiger partial charge on any atom is -0.477 e. The molecular weight excluding hydrogens is 222 g/mol. The predicted octanol–water partition coefficient (Wildman–Crippen LogP) is 1.63. The Bertz CT molecular complexity index is 691. The van der Waals surface area contributed by atoms with E-state index in [2.05, 4.69) is 4.98 Å². The van der Waals surface area contributed by atoms with Crippen molar-refractivity contribution in [1.82, 2.24) is 14.0 Å². The van der Waals surface area contributed by atoms with Gasteiger partial charge >= 0.3 is 5.97 Å². The lowest BCUT2D eigenvalue weighted by atomic mass is 10.3. The van der Waals surface area contributed by atoms with Crippen molar-refractivity contribution in [2.24, 2.45) is 7.05 Å². The Labute approximate surface area is 95.7 Å². The summed E-state index contributed by atoms with van der Waals surface area (Å²) in [7, 11) is 1.67.